The third-order valence-electron chi connectivity index (χ3n) is 2.39. The molecule has 1 aliphatic rings. The second kappa shape index (κ2) is 5.37. The van der Waals surface area contributed by atoms with Crippen LogP contribution in [0.25, 0.3) is 0 Å². The molecule has 0 aromatic carbocycles. The minimum Gasteiger partial charge on any atom is -0.465 e. The maximum atomic E-state index is 11.9. The van der Waals surface area contributed by atoms with Gasteiger partial charge in [0.05, 0.1) is 6.61 Å². The van der Waals surface area contributed by atoms with Crippen molar-refractivity contribution in [1.82, 2.24) is 4.90 Å². The number of nitrogens with zero attached hydrogens (tertiary/aromatic N) is 1. The highest BCUT2D eigenvalue weighted by atomic mass is 16.6. The van der Waals surface area contributed by atoms with E-state index >= 15 is 0 Å². The molecule has 0 aromatic heterocycles. The molecule has 0 unspecified atom stereocenters. The Morgan fingerprint density at radius 2 is 2.00 bits per heavy atom. The predicted octanol–water partition coefficient (Wildman–Crippen LogP) is 1.33. The number of likely N-dealkylation sites (tertiary alicyclic amines) is 1. The van der Waals surface area contributed by atoms with E-state index in [0.717, 1.165) is 4.90 Å². The van der Waals surface area contributed by atoms with Gasteiger partial charge in [0.1, 0.15) is 11.5 Å². The Morgan fingerprint density at radius 3 is 2.50 bits per heavy atom. The summed E-state index contributed by atoms with van der Waals surface area (Å²) in [7, 11) is 0. The lowest BCUT2D eigenvalue weighted by Gasteiger charge is -2.23. The second-order valence-corrected chi connectivity index (χ2v) is 5.06. The van der Waals surface area contributed by atoms with Gasteiger partial charge in [-0.05, 0) is 34.1 Å². The van der Waals surface area contributed by atoms with Crippen molar-refractivity contribution in [3.8, 4) is 0 Å². The molecule has 0 bridgehead atoms. The minimum atomic E-state index is -0.877. The van der Waals surface area contributed by atoms with Crippen LogP contribution in [0.15, 0.2) is 0 Å². The molecule has 1 saturated heterocycles. The Hall–Kier alpha value is -1.59. The van der Waals surface area contributed by atoms with Crippen molar-refractivity contribution in [3.63, 3.8) is 0 Å². The Labute approximate surface area is 106 Å². The summed E-state index contributed by atoms with van der Waals surface area (Å²) in [4.78, 5) is 36.1. The molecule has 0 aromatic rings. The number of ether oxygens (including phenoxy) is 2. The van der Waals surface area contributed by atoms with E-state index in [1.807, 2.05) is 0 Å². The van der Waals surface area contributed by atoms with E-state index in [0.29, 0.717) is 0 Å². The maximum absolute atomic E-state index is 11.9. The molecule has 1 atom stereocenters. The Bertz CT molecular complexity index is 358. The third kappa shape index (κ3) is 3.45. The molecular weight excluding hydrogens is 238 g/mol. The van der Waals surface area contributed by atoms with Crippen LogP contribution in [-0.4, -0.2) is 41.6 Å². The van der Waals surface area contributed by atoms with E-state index in [4.69, 9.17) is 9.47 Å². The zero-order valence-corrected chi connectivity index (χ0v) is 11.2. The van der Waals surface area contributed by atoms with Gasteiger partial charge in [-0.3, -0.25) is 9.59 Å². The fourth-order valence-electron chi connectivity index (χ4n) is 1.64. The molecule has 2 amide bonds. The fourth-order valence-corrected chi connectivity index (χ4v) is 1.64. The molecule has 1 fully saturated rings. The van der Waals surface area contributed by atoms with Gasteiger partial charge in [0, 0.05) is 6.54 Å². The summed E-state index contributed by atoms with van der Waals surface area (Å²) in [6.07, 6.45) is -0.420. The molecule has 1 heterocycles. The number of amides is 2. The molecule has 0 N–H and O–H groups in total. The van der Waals surface area contributed by atoms with E-state index in [9.17, 15) is 14.4 Å². The number of esters is 1. The lowest BCUT2D eigenvalue weighted by Crippen LogP contribution is -2.39. The zero-order valence-electron chi connectivity index (χ0n) is 11.2. The first kappa shape index (κ1) is 14.5. The van der Waals surface area contributed by atoms with Gasteiger partial charge >= 0.3 is 12.1 Å². The Morgan fingerprint density at radius 1 is 1.39 bits per heavy atom. The molecule has 6 heteroatoms. The van der Waals surface area contributed by atoms with Crippen molar-refractivity contribution in [2.24, 2.45) is 5.92 Å². The molecule has 0 aliphatic carbocycles. The highest BCUT2D eigenvalue weighted by Gasteiger charge is 2.42. The number of carbonyl (C=O) groups is 3. The largest absolute Gasteiger partial charge is 0.465 e. The van der Waals surface area contributed by atoms with E-state index < -0.39 is 29.5 Å². The molecule has 0 spiro atoms. The number of rotatable bonds is 2. The zero-order chi connectivity index (χ0) is 13.9. The van der Waals surface area contributed by atoms with Crippen LogP contribution < -0.4 is 0 Å². The van der Waals surface area contributed by atoms with Crippen LogP contribution in [0.1, 0.15) is 34.1 Å². The van der Waals surface area contributed by atoms with Gasteiger partial charge in [-0.15, -0.1) is 0 Å². The molecule has 1 aliphatic heterocycles. The van der Waals surface area contributed by atoms with Gasteiger partial charge in [-0.2, -0.15) is 0 Å². The van der Waals surface area contributed by atoms with Crippen molar-refractivity contribution in [2.45, 2.75) is 39.7 Å². The van der Waals surface area contributed by atoms with E-state index in [1.54, 1.807) is 27.7 Å². The first-order valence-electron chi connectivity index (χ1n) is 5.97. The van der Waals surface area contributed by atoms with Crippen LogP contribution in [0.4, 0.5) is 4.79 Å². The highest BCUT2D eigenvalue weighted by Crippen LogP contribution is 2.22. The molecule has 0 saturated carbocycles. The Balaban J connectivity index is 2.65. The van der Waals surface area contributed by atoms with Gasteiger partial charge in [0.25, 0.3) is 0 Å². The third-order valence-corrected chi connectivity index (χ3v) is 2.39. The van der Waals surface area contributed by atoms with E-state index in [1.165, 1.54) is 0 Å². The van der Waals surface area contributed by atoms with Crippen LogP contribution >= 0.6 is 0 Å². The first-order chi connectivity index (χ1) is 8.26. The number of hydrogen-bond acceptors (Lipinski definition) is 5. The van der Waals surface area contributed by atoms with Crippen molar-refractivity contribution in [2.75, 3.05) is 13.2 Å². The Kier molecular flexibility index (Phi) is 4.32. The lowest BCUT2D eigenvalue weighted by molar-refractivity contribution is -0.152. The molecule has 6 nitrogen and oxygen atoms in total. The number of imide groups is 1. The summed E-state index contributed by atoms with van der Waals surface area (Å²) in [6.45, 7) is 7.23. The molecule has 1 rings (SSSR count). The number of carbonyl (C=O) groups excluding carboxylic acids is 3. The van der Waals surface area contributed by atoms with Crippen LogP contribution in [-0.2, 0) is 19.1 Å². The average Bonchev–Trinajstić information content (AvgIpc) is 2.57. The standard InChI is InChI=1S/C12H19NO5/c1-5-17-10(15)8-6-7-13(9(8)14)11(16)18-12(2,3)4/h8H,5-7H2,1-4H3/t8-/m1/s1. The molecule has 102 valence electrons. The number of hydrogen-bond donors (Lipinski definition) is 0. The maximum Gasteiger partial charge on any atom is 0.417 e. The van der Waals surface area contributed by atoms with Gasteiger partial charge in [-0.1, -0.05) is 0 Å². The monoisotopic (exact) mass is 257 g/mol. The normalized spacial score (nSPS) is 19.9. The highest BCUT2D eigenvalue weighted by molar-refractivity contribution is 6.05. The summed E-state index contributed by atoms with van der Waals surface area (Å²) in [5, 5.41) is 0. The van der Waals surface area contributed by atoms with Crippen LogP contribution in [0.2, 0.25) is 0 Å². The van der Waals surface area contributed by atoms with Gasteiger partial charge in [-0.25, -0.2) is 9.69 Å². The van der Waals surface area contributed by atoms with Crippen molar-refractivity contribution in [1.29, 1.82) is 0 Å². The predicted molar refractivity (Wildman–Crippen MR) is 62.7 cm³/mol. The van der Waals surface area contributed by atoms with Gasteiger partial charge in [0.2, 0.25) is 5.91 Å². The topological polar surface area (TPSA) is 72.9 Å². The summed E-state index contributed by atoms with van der Waals surface area (Å²) in [5.74, 6) is -1.99. The summed E-state index contributed by atoms with van der Waals surface area (Å²) >= 11 is 0. The van der Waals surface area contributed by atoms with Crippen LogP contribution in [0.5, 0.6) is 0 Å². The molecule has 18 heavy (non-hydrogen) atoms. The smallest absolute Gasteiger partial charge is 0.417 e. The summed E-state index contributed by atoms with van der Waals surface area (Å²) < 4.78 is 9.88. The quantitative estimate of drug-likeness (QED) is 0.551. The van der Waals surface area contributed by atoms with Gasteiger partial charge in [0.15, 0.2) is 0 Å². The minimum absolute atomic E-state index is 0.192. The first-order valence-corrected chi connectivity index (χ1v) is 5.97. The molecular formula is C12H19NO5. The van der Waals surface area contributed by atoms with E-state index in [-0.39, 0.29) is 19.6 Å². The van der Waals surface area contributed by atoms with Crippen LogP contribution in [0, 0.1) is 5.92 Å². The van der Waals surface area contributed by atoms with Crippen LogP contribution in [0.3, 0.4) is 0 Å². The summed E-state index contributed by atoms with van der Waals surface area (Å²) in [6, 6.07) is 0. The average molecular weight is 257 g/mol. The van der Waals surface area contributed by atoms with Crippen molar-refractivity contribution < 1.29 is 23.9 Å². The molecule has 0 radical (unpaired) electrons. The van der Waals surface area contributed by atoms with E-state index in [2.05, 4.69) is 0 Å². The SMILES string of the molecule is CCOC(=O)[C@@H]1CCN(C(=O)OC(C)(C)C)C1=O. The van der Waals surface area contributed by atoms with Gasteiger partial charge < -0.3 is 9.47 Å². The second-order valence-electron chi connectivity index (χ2n) is 5.06. The lowest BCUT2D eigenvalue weighted by atomic mass is 10.1. The van der Waals surface area contributed by atoms with Crippen molar-refractivity contribution in [3.05, 3.63) is 0 Å². The summed E-state index contributed by atoms with van der Waals surface area (Å²) in [5.41, 5.74) is -0.667. The van der Waals surface area contributed by atoms with Crippen molar-refractivity contribution >= 4 is 18.0 Å². The fraction of sp³-hybridized carbons (Fsp3) is 0.750.